The van der Waals surface area contributed by atoms with Gasteiger partial charge in [0.05, 0.1) is 20.9 Å². The van der Waals surface area contributed by atoms with Crippen LogP contribution in [0.3, 0.4) is 0 Å². The number of amides is 1. The van der Waals surface area contributed by atoms with E-state index in [1.54, 1.807) is 17.0 Å². The number of rotatable bonds is 3. The van der Waals surface area contributed by atoms with Gasteiger partial charge in [0.15, 0.2) is 0 Å². The summed E-state index contributed by atoms with van der Waals surface area (Å²) < 4.78 is 41.8. The molecule has 1 saturated heterocycles. The number of hydrogen-bond donors (Lipinski definition) is 0. The normalized spacial score (nSPS) is 14.9. The van der Waals surface area contributed by atoms with Gasteiger partial charge in [0.1, 0.15) is 5.82 Å². The van der Waals surface area contributed by atoms with E-state index in [1.165, 1.54) is 30.5 Å². The molecule has 1 aliphatic rings. The van der Waals surface area contributed by atoms with Crippen molar-refractivity contribution in [3.05, 3.63) is 64.5 Å². The molecular weight excluding hydrogens is 459 g/mol. The van der Waals surface area contributed by atoms with Crippen molar-refractivity contribution in [2.75, 3.05) is 13.1 Å². The molecule has 5 nitrogen and oxygen atoms in total. The molecule has 1 aliphatic heterocycles. The highest BCUT2D eigenvalue weighted by Crippen LogP contribution is 2.32. The number of aromatic nitrogens is 1. The molecule has 0 spiro atoms. The monoisotopic (exact) mass is 476 g/mol. The molecule has 29 heavy (non-hydrogen) atoms. The van der Waals surface area contributed by atoms with Gasteiger partial charge in [-0.25, -0.2) is 12.8 Å². The second-order valence-electron chi connectivity index (χ2n) is 6.97. The van der Waals surface area contributed by atoms with Crippen molar-refractivity contribution >= 4 is 42.6 Å². The minimum Gasteiger partial charge on any atom is -0.339 e. The Labute approximate surface area is 176 Å². The van der Waals surface area contributed by atoms with Gasteiger partial charge >= 0.3 is 0 Å². The van der Waals surface area contributed by atoms with Crippen molar-refractivity contribution in [2.45, 2.75) is 29.1 Å². The Balaban J connectivity index is 1.97. The number of carbonyl (C=O) groups excluding carboxylic acids is 1. The highest BCUT2D eigenvalue weighted by molar-refractivity contribution is 9.10. The van der Waals surface area contributed by atoms with E-state index in [0.29, 0.717) is 18.6 Å². The number of benzene rings is 2. The Morgan fingerprint density at radius 1 is 1.03 bits per heavy atom. The number of sulfone groups is 1. The van der Waals surface area contributed by atoms with E-state index < -0.39 is 15.7 Å². The molecule has 0 bridgehead atoms. The average Bonchev–Trinajstić information content (AvgIpc) is 2.73. The van der Waals surface area contributed by atoms with Crippen LogP contribution >= 0.6 is 15.9 Å². The molecule has 0 unspecified atom stereocenters. The summed E-state index contributed by atoms with van der Waals surface area (Å²) in [5.41, 5.74) is 0.296. The molecule has 3 aromatic rings. The number of likely N-dealkylation sites (tertiary alicyclic amines) is 1. The Morgan fingerprint density at radius 2 is 1.72 bits per heavy atom. The Kier molecular flexibility index (Phi) is 5.40. The van der Waals surface area contributed by atoms with Crippen LogP contribution in [0.4, 0.5) is 4.39 Å². The first kappa shape index (κ1) is 20.0. The van der Waals surface area contributed by atoms with Crippen molar-refractivity contribution in [1.29, 1.82) is 0 Å². The topological polar surface area (TPSA) is 67.3 Å². The highest BCUT2D eigenvalue weighted by Gasteiger charge is 2.30. The summed E-state index contributed by atoms with van der Waals surface area (Å²) in [6.45, 7) is 1.13. The van der Waals surface area contributed by atoms with Gasteiger partial charge < -0.3 is 4.90 Å². The van der Waals surface area contributed by atoms with E-state index >= 15 is 0 Å². The number of piperidine rings is 1. The third-order valence-electron chi connectivity index (χ3n) is 5.05. The Hall–Kier alpha value is -2.32. The van der Waals surface area contributed by atoms with E-state index in [1.807, 2.05) is 0 Å². The van der Waals surface area contributed by atoms with Gasteiger partial charge in [0.25, 0.3) is 5.91 Å². The van der Waals surface area contributed by atoms with Gasteiger partial charge in [-0.1, -0.05) is 15.9 Å². The lowest BCUT2D eigenvalue weighted by Gasteiger charge is -2.27. The molecule has 1 fully saturated rings. The molecule has 1 amide bonds. The average molecular weight is 477 g/mol. The second kappa shape index (κ2) is 7.84. The summed E-state index contributed by atoms with van der Waals surface area (Å²) in [5, 5.41) is 0.107. The van der Waals surface area contributed by atoms with Gasteiger partial charge in [-0.3, -0.25) is 9.78 Å². The molecule has 2 aromatic carbocycles. The van der Waals surface area contributed by atoms with Crippen LogP contribution in [0.15, 0.2) is 62.9 Å². The van der Waals surface area contributed by atoms with E-state index in [2.05, 4.69) is 20.9 Å². The second-order valence-corrected chi connectivity index (χ2v) is 9.77. The predicted octanol–water partition coefficient (Wildman–Crippen LogP) is 4.60. The van der Waals surface area contributed by atoms with Crippen molar-refractivity contribution in [1.82, 2.24) is 9.88 Å². The number of nitrogens with zero attached hydrogens (tertiary/aromatic N) is 2. The lowest BCUT2D eigenvalue weighted by Crippen LogP contribution is -2.36. The first-order chi connectivity index (χ1) is 13.9. The van der Waals surface area contributed by atoms with E-state index in [0.717, 1.165) is 29.8 Å². The van der Waals surface area contributed by atoms with Gasteiger partial charge in [-0.05, 0) is 61.7 Å². The molecule has 0 atom stereocenters. The molecule has 0 radical (unpaired) electrons. The first-order valence-electron chi connectivity index (χ1n) is 9.26. The van der Waals surface area contributed by atoms with Crippen molar-refractivity contribution in [3.8, 4) is 0 Å². The van der Waals surface area contributed by atoms with Crippen LogP contribution in [0.2, 0.25) is 0 Å². The number of fused-ring (bicyclic) bond motifs is 1. The summed E-state index contributed by atoms with van der Waals surface area (Å²) >= 11 is 3.29. The molecule has 8 heteroatoms. The van der Waals surface area contributed by atoms with E-state index in [-0.39, 0.29) is 26.6 Å². The quantitative estimate of drug-likeness (QED) is 0.554. The fourth-order valence-corrected chi connectivity index (χ4v) is 5.46. The molecule has 150 valence electrons. The third-order valence-corrected chi connectivity index (χ3v) is 7.45. The summed E-state index contributed by atoms with van der Waals surface area (Å²) in [6.07, 6.45) is 4.07. The zero-order valence-electron chi connectivity index (χ0n) is 15.4. The zero-order valence-corrected chi connectivity index (χ0v) is 17.8. The van der Waals surface area contributed by atoms with Crippen LogP contribution in [-0.4, -0.2) is 37.3 Å². The number of carbonyl (C=O) groups is 1. The van der Waals surface area contributed by atoms with Crippen LogP contribution in [0.25, 0.3) is 10.9 Å². The Morgan fingerprint density at radius 3 is 2.41 bits per heavy atom. The van der Waals surface area contributed by atoms with Crippen molar-refractivity contribution < 1.29 is 17.6 Å². The van der Waals surface area contributed by atoms with E-state index in [4.69, 9.17) is 0 Å². The minimum absolute atomic E-state index is 0.0204. The molecule has 4 rings (SSSR count). The van der Waals surface area contributed by atoms with Crippen LogP contribution in [0.1, 0.15) is 29.6 Å². The maximum atomic E-state index is 14.0. The number of hydrogen-bond acceptors (Lipinski definition) is 4. The van der Waals surface area contributed by atoms with E-state index in [9.17, 15) is 17.6 Å². The van der Waals surface area contributed by atoms with Crippen LogP contribution in [0.5, 0.6) is 0 Å². The summed E-state index contributed by atoms with van der Waals surface area (Å²) in [4.78, 5) is 18.9. The van der Waals surface area contributed by atoms with Crippen molar-refractivity contribution in [3.63, 3.8) is 0 Å². The third kappa shape index (κ3) is 3.79. The number of halogens is 2. The smallest absolute Gasteiger partial charge is 0.256 e. The molecule has 0 N–H and O–H groups in total. The van der Waals surface area contributed by atoms with Gasteiger partial charge in [0, 0.05) is 29.1 Å². The largest absolute Gasteiger partial charge is 0.339 e. The Bertz CT molecular complexity index is 1190. The number of pyridine rings is 1. The van der Waals surface area contributed by atoms with Crippen molar-refractivity contribution in [2.24, 2.45) is 0 Å². The lowest BCUT2D eigenvalue weighted by atomic mass is 10.1. The predicted molar refractivity (Wildman–Crippen MR) is 111 cm³/mol. The molecule has 0 saturated carbocycles. The fraction of sp³-hybridized carbons (Fsp3) is 0.238. The van der Waals surface area contributed by atoms with Crippen LogP contribution in [-0.2, 0) is 9.84 Å². The van der Waals surface area contributed by atoms with Crippen LogP contribution in [0, 0.1) is 5.82 Å². The minimum atomic E-state index is -4.09. The molecule has 2 heterocycles. The van der Waals surface area contributed by atoms with Gasteiger partial charge in [-0.2, -0.15) is 0 Å². The fourth-order valence-electron chi connectivity index (χ4n) is 3.58. The van der Waals surface area contributed by atoms with Gasteiger partial charge in [0.2, 0.25) is 9.84 Å². The van der Waals surface area contributed by atoms with Gasteiger partial charge in [-0.15, -0.1) is 0 Å². The highest BCUT2D eigenvalue weighted by atomic mass is 79.9. The standard InChI is InChI=1S/C21H18BrFN2O3S/c22-14-4-7-16(8-5-14)29(27,28)20-17-12-15(23)6-9-19(17)24-13-18(20)21(26)25-10-2-1-3-11-25/h4-9,12-13H,1-3,10-11H2. The molecule has 1 aromatic heterocycles. The molecule has 0 aliphatic carbocycles. The summed E-state index contributed by atoms with van der Waals surface area (Å²) in [7, 11) is -4.09. The first-order valence-corrected chi connectivity index (χ1v) is 11.5. The SMILES string of the molecule is O=C(c1cnc2ccc(F)cc2c1S(=O)(=O)c1ccc(Br)cc1)N1CCCCC1. The lowest BCUT2D eigenvalue weighted by molar-refractivity contribution is 0.0720. The van der Waals surface area contributed by atoms with Crippen LogP contribution < -0.4 is 0 Å². The summed E-state index contributed by atoms with van der Waals surface area (Å²) in [6, 6.07) is 9.91. The summed E-state index contributed by atoms with van der Waals surface area (Å²) in [5.74, 6) is -0.979. The zero-order chi connectivity index (χ0) is 20.6. The maximum Gasteiger partial charge on any atom is 0.256 e. The molecular formula is C21H18BrFN2O3S. The maximum absolute atomic E-state index is 14.0.